The Morgan fingerprint density at radius 2 is 2.05 bits per heavy atom. The average molecular weight is 323 g/mol. The number of hydrogen-bond acceptors (Lipinski definition) is 3. The first kappa shape index (κ1) is 14.2. The topological polar surface area (TPSA) is 56.7 Å². The van der Waals surface area contributed by atoms with Crippen LogP contribution in [0.4, 0.5) is 0 Å². The van der Waals surface area contributed by atoms with Crippen molar-refractivity contribution >= 4 is 15.9 Å². The van der Waals surface area contributed by atoms with Gasteiger partial charge >= 0.3 is 0 Å². The van der Waals surface area contributed by atoms with E-state index in [2.05, 4.69) is 63.6 Å². The van der Waals surface area contributed by atoms with Crippen LogP contribution in [-0.2, 0) is 13.1 Å². The highest BCUT2D eigenvalue weighted by Gasteiger charge is 2.16. The maximum absolute atomic E-state index is 5.75. The van der Waals surface area contributed by atoms with Crippen molar-refractivity contribution in [1.29, 1.82) is 0 Å². The Morgan fingerprint density at radius 1 is 1.32 bits per heavy atom. The van der Waals surface area contributed by atoms with Crippen LogP contribution in [0.1, 0.15) is 25.2 Å². The third kappa shape index (κ3) is 3.04. The van der Waals surface area contributed by atoms with Crippen molar-refractivity contribution < 1.29 is 0 Å². The molecule has 19 heavy (non-hydrogen) atoms. The summed E-state index contributed by atoms with van der Waals surface area (Å²) in [6, 6.07) is 6.23. The van der Waals surface area contributed by atoms with Crippen LogP contribution >= 0.6 is 15.9 Å². The van der Waals surface area contributed by atoms with Crippen molar-refractivity contribution in [1.82, 2.24) is 14.8 Å². The fourth-order valence-corrected chi connectivity index (χ4v) is 2.48. The van der Waals surface area contributed by atoms with E-state index in [0.29, 0.717) is 12.5 Å². The predicted molar refractivity (Wildman–Crippen MR) is 80.6 cm³/mol. The van der Waals surface area contributed by atoms with Gasteiger partial charge in [0.05, 0.1) is 6.54 Å². The Labute approximate surface area is 122 Å². The highest BCUT2D eigenvalue weighted by Crippen LogP contribution is 2.28. The zero-order valence-corrected chi connectivity index (χ0v) is 13.1. The number of hydrogen-bond donors (Lipinski definition) is 1. The molecule has 0 saturated heterocycles. The van der Waals surface area contributed by atoms with Crippen LogP contribution in [0.5, 0.6) is 0 Å². The smallest absolute Gasteiger partial charge is 0.165 e. The summed E-state index contributed by atoms with van der Waals surface area (Å²) in [5, 5.41) is 8.52. The van der Waals surface area contributed by atoms with Crippen LogP contribution in [0.3, 0.4) is 0 Å². The van der Waals surface area contributed by atoms with E-state index in [1.54, 1.807) is 0 Å². The molecule has 1 heterocycles. The number of aryl methyl sites for hydroxylation is 1. The molecule has 0 atom stereocenters. The Balaban J connectivity index is 2.55. The van der Waals surface area contributed by atoms with Crippen LogP contribution in [0.15, 0.2) is 22.7 Å². The minimum atomic E-state index is 0.406. The number of benzene rings is 1. The first-order valence-electron chi connectivity index (χ1n) is 6.41. The van der Waals surface area contributed by atoms with Crippen LogP contribution in [-0.4, -0.2) is 14.8 Å². The summed E-state index contributed by atoms with van der Waals surface area (Å²) >= 11 is 3.59. The van der Waals surface area contributed by atoms with Gasteiger partial charge in [0.2, 0.25) is 0 Å². The van der Waals surface area contributed by atoms with Gasteiger partial charge < -0.3 is 10.3 Å². The molecule has 2 N–H and O–H groups in total. The first-order chi connectivity index (χ1) is 9.02. The minimum Gasteiger partial charge on any atom is -0.324 e. The lowest BCUT2D eigenvalue weighted by Gasteiger charge is -2.13. The Morgan fingerprint density at radius 3 is 2.68 bits per heavy atom. The fraction of sp³-hybridized carbons (Fsp3) is 0.429. The average Bonchev–Trinajstić information content (AvgIpc) is 2.74. The van der Waals surface area contributed by atoms with Gasteiger partial charge in [0.15, 0.2) is 5.82 Å². The van der Waals surface area contributed by atoms with Crippen molar-refractivity contribution in [2.75, 3.05) is 0 Å². The zero-order valence-electron chi connectivity index (χ0n) is 11.5. The predicted octanol–water partition coefficient (Wildman–Crippen LogP) is 3.13. The molecule has 0 aliphatic rings. The maximum atomic E-state index is 5.75. The summed E-state index contributed by atoms with van der Waals surface area (Å²) in [5.41, 5.74) is 8.01. The molecule has 2 rings (SSSR count). The quantitative estimate of drug-likeness (QED) is 0.940. The molecule has 5 heteroatoms. The molecule has 0 aliphatic carbocycles. The van der Waals surface area contributed by atoms with Gasteiger partial charge in [-0.3, -0.25) is 0 Å². The molecule has 0 spiro atoms. The van der Waals surface area contributed by atoms with Crippen molar-refractivity contribution in [3.63, 3.8) is 0 Å². The fourth-order valence-electron chi connectivity index (χ4n) is 2.05. The Bertz CT molecular complexity index is 575. The number of nitrogens with two attached hydrogens (primary N) is 1. The Kier molecular flexibility index (Phi) is 4.37. The third-order valence-corrected chi connectivity index (χ3v) is 3.61. The SMILES string of the molecule is Cc1ccc(Br)c(-c2nnc(CN)n2CC(C)C)c1. The van der Waals surface area contributed by atoms with E-state index in [-0.39, 0.29) is 0 Å². The van der Waals surface area contributed by atoms with Gasteiger partial charge in [-0.25, -0.2) is 0 Å². The van der Waals surface area contributed by atoms with Gasteiger partial charge in [-0.15, -0.1) is 10.2 Å². The van der Waals surface area contributed by atoms with Crippen molar-refractivity contribution in [2.45, 2.75) is 33.9 Å². The summed E-state index contributed by atoms with van der Waals surface area (Å²) in [6.07, 6.45) is 0. The zero-order chi connectivity index (χ0) is 14.0. The number of aromatic nitrogens is 3. The molecule has 0 aliphatic heterocycles. The molecule has 0 fully saturated rings. The molecule has 1 aromatic heterocycles. The second-order valence-electron chi connectivity index (χ2n) is 5.13. The van der Waals surface area contributed by atoms with Crippen molar-refractivity contribution in [2.24, 2.45) is 11.7 Å². The molecule has 4 nitrogen and oxygen atoms in total. The largest absolute Gasteiger partial charge is 0.324 e. The van der Waals surface area contributed by atoms with E-state index in [0.717, 1.165) is 28.2 Å². The standard InChI is InChI=1S/C14H19BrN4/c1-9(2)8-19-13(7-16)17-18-14(19)11-6-10(3)4-5-12(11)15/h4-6,9H,7-8,16H2,1-3H3. The minimum absolute atomic E-state index is 0.406. The Hall–Kier alpha value is -1.20. The van der Waals surface area contributed by atoms with Gasteiger partial charge in [-0.2, -0.15) is 0 Å². The maximum Gasteiger partial charge on any atom is 0.165 e. The van der Waals surface area contributed by atoms with E-state index in [1.807, 2.05) is 6.07 Å². The summed E-state index contributed by atoms with van der Waals surface area (Å²) in [5.74, 6) is 2.23. The lowest BCUT2D eigenvalue weighted by molar-refractivity contribution is 0.510. The molecular weight excluding hydrogens is 304 g/mol. The molecule has 0 amide bonds. The van der Waals surface area contributed by atoms with Gasteiger partial charge in [0.1, 0.15) is 5.82 Å². The van der Waals surface area contributed by atoms with Gasteiger partial charge in [-0.1, -0.05) is 41.4 Å². The van der Waals surface area contributed by atoms with E-state index >= 15 is 0 Å². The molecule has 0 bridgehead atoms. The molecular formula is C14H19BrN4. The normalized spacial score (nSPS) is 11.3. The monoisotopic (exact) mass is 322 g/mol. The second-order valence-corrected chi connectivity index (χ2v) is 5.99. The van der Waals surface area contributed by atoms with E-state index in [9.17, 15) is 0 Å². The summed E-state index contributed by atoms with van der Waals surface area (Å²) in [4.78, 5) is 0. The van der Waals surface area contributed by atoms with Crippen molar-refractivity contribution in [3.05, 3.63) is 34.1 Å². The van der Waals surface area contributed by atoms with Crippen molar-refractivity contribution in [3.8, 4) is 11.4 Å². The first-order valence-corrected chi connectivity index (χ1v) is 7.21. The van der Waals surface area contributed by atoms with E-state index in [4.69, 9.17) is 5.73 Å². The third-order valence-electron chi connectivity index (χ3n) is 2.92. The number of rotatable bonds is 4. The van der Waals surface area contributed by atoms with E-state index < -0.39 is 0 Å². The lowest BCUT2D eigenvalue weighted by Crippen LogP contribution is -2.13. The van der Waals surface area contributed by atoms with Gasteiger partial charge in [0.25, 0.3) is 0 Å². The van der Waals surface area contributed by atoms with Crippen LogP contribution in [0.25, 0.3) is 11.4 Å². The molecule has 0 radical (unpaired) electrons. The highest BCUT2D eigenvalue weighted by molar-refractivity contribution is 9.10. The van der Waals surface area contributed by atoms with E-state index in [1.165, 1.54) is 5.56 Å². The summed E-state index contributed by atoms with van der Waals surface area (Å²) in [6.45, 7) is 7.70. The summed E-state index contributed by atoms with van der Waals surface area (Å²) < 4.78 is 3.14. The molecule has 0 saturated carbocycles. The molecule has 1 aromatic carbocycles. The van der Waals surface area contributed by atoms with Crippen LogP contribution < -0.4 is 5.73 Å². The molecule has 102 valence electrons. The van der Waals surface area contributed by atoms with Crippen LogP contribution in [0, 0.1) is 12.8 Å². The van der Waals surface area contributed by atoms with Gasteiger partial charge in [0, 0.05) is 16.6 Å². The van der Waals surface area contributed by atoms with Crippen LogP contribution in [0.2, 0.25) is 0 Å². The molecule has 2 aromatic rings. The number of nitrogens with zero attached hydrogens (tertiary/aromatic N) is 3. The van der Waals surface area contributed by atoms with Gasteiger partial charge in [-0.05, 0) is 25.0 Å². The highest BCUT2D eigenvalue weighted by atomic mass is 79.9. The number of halogens is 1. The second kappa shape index (κ2) is 5.84. The molecule has 0 unspecified atom stereocenters. The summed E-state index contributed by atoms with van der Waals surface area (Å²) in [7, 11) is 0. The lowest BCUT2D eigenvalue weighted by atomic mass is 10.1.